The Kier molecular flexibility index (Phi) is 5.99. The van der Waals surface area contributed by atoms with Crippen LogP contribution in [0.1, 0.15) is 52.9 Å². The second-order valence-electron chi connectivity index (χ2n) is 5.12. The van der Waals surface area contributed by atoms with E-state index in [-0.39, 0.29) is 0 Å². The highest BCUT2D eigenvalue weighted by Gasteiger charge is 2.50. The molecule has 1 saturated carbocycles. The van der Waals surface area contributed by atoms with Crippen molar-refractivity contribution in [3.63, 3.8) is 0 Å². The predicted octanol–water partition coefficient (Wildman–Crippen LogP) is 5.28. The van der Waals surface area contributed by atoms with Gasteiger partial charge in [0.15, 0.2) is 0 Å². The van der Waals surface area contributed by atoms with Crippen LogP contribution in [0.2, 0.25) is 0 Å². The Balaban J connectivity index is 2.70. The van der Waals surface area contributed by atoms with E-state index in [0.29, 0.717) is 5.41 Å². The van der Waals surface area contributed by atoms with Crippen LogP contribution in [-0.4, -0.2) is 0 Å². The SMILES string of the molecule is C=C/C=C\C=C(\C#CC1(CC)CC1CCC)CC. The minimum atomic E-state index is 0.340. The van der Waals surface area contributed by atoms with E-state index in [1.807, 2.05) is 12.2 Å². The molecular weight excluding hydrogens is 216 g/mol. The Morgan fingerprint density at radius 2 is 2.11 bits per heavy atom. The Morgan fingerprint density at radius 3 is 2.67 bits per heavy atom. The van der Waals surface area contributed by atoms with Crippen molar-refractivity contribution in [2.24, 2.45) is 11.3 Å². The van der Waals surface area contributed by atoms with Crippen LogP contribution in [0.4, 0.5) is 0 Å². The summed E-state index contributed by atoms with van der Waals surface area (Å²) in [6.45, 7) is 10.4. The first-order chi connectivity index (χ1) is 8.72. The third-order valence-electron chi connectivity index (χ3n) is 3.90. The van der Waals surface area contributed by atoms with Crippen LogP contribution in [0.5, 0.6) is 0 Å². The van der Waals surface area contributed by atoms with Gasteiger partial charge in [-0.2, -0.15) is 0 Å². The summed E-state index contributed by atoms with van der Waals surface area (Å²) in [5.74, 6) is 7.80. The standard InChI is InChI=1S/C18H26/c1-5-9-10-12-16(7-3)13-14-18(8-4)15-17(18)11-6-2/h5,9-10,12,17H,1,6-8,11,15H2,2-4H3/b10-9-,16-12+. The maximum Gasteiger partial charge on any atom is 0.0347 e. The van der Waals surface area contributed by atoms with E-state index < -0.39 is 0 Å². The quantitative estimate of drug-likeness (QED) is 0.439. The molecule has 0 radical (unpaired) electrons. The zero-order valence-electron chi connectivity index (χ0n) is 12.1. The molecule has 0 heteroatoms. The lowest BCUT2D eigenvalue weighted by Gasteiger charge is -2.05. The van der Waals surface area contributed by atoms with Crippen molar-refractivity contribution in [2.75, 3.05) is 0 Å². The summed E-state index contributed by atoms with van der Waals surface area (Å²) in [5.41, 5.74) is 1.56. The minimum Gasteiger partial charge on any atom is -0.0991 e. The monoisotopic (exact) mass is 242 g/mol. The molecule has 2 atom stereocenters. The highest BCUT2D eigenvalue weighted by atomic mass is 14.5. The second kappa shape index (κ2) is 7.27. The van der Waals surface area contributed by atoms with Crippen LogP contribution in [0.25, 0.3) is 0 Å². The molecular formula is C18H26. The summed E-state index contributed by atoms with van der Waals surface area (Å²) in [6.07, 6.45) is 14.0. The molecule has 1 fully saturated rings. The Bertz CT molecular complexity index is 386. The molecule has 1 rings (SSSR count). The van der Waals surface area contributed by atoms with Crippen molar-refractivity contribution < 1.29 is 0 Å². The fourth-order valence-electron chi connectivity index (χ4n) is 2.49. The molecule has 0 N–H and O–H groups in total. The molecule has 0 nitrogen and oxygen atoms in total. The summed E-state index contributed by atoms with van der Waals surface area (Å²) in [7, 11) is 0. The molecule has 0 bridgehead atoms. The molecule has 2 unspecified atom stereocenters. The summed E-state index contributed by atoms with van der Waals surface area (Å²) >= 11 is 0. The highest BCUT2D eigenvalue weighted by molar-refractivity contribution is 5.36. The van der Waals surface area contributed by atoms with Gasteiger partial charge in [-0.3, -0.25) is 0 Å². The first kappa shape index (κ1) is 14.8. The predicted molar refractivity (Wildman–Crippen MR) is 81.2 cm³/mol. The summed E-state index contributed by atoms with van der Waals surface area (Å²) in [6, 6.07) is 0. The van der Waals surface area contributed by atoms with Crippen molar-refractivity contribution in [3.8, 4) is 11.8 Å². The molecule has 1 aliphatic carbocycles. The normalized spacial score (nSPS) is 26.8. The fraction of sp³-hybridized carbons (Fsp3) is 0.556. The van der Waals surface area contributed by atoms with Gasteiger partial charge in [0.1, 0.15) is 0 Å². The molecule has 0 amide bonds. The first-order valence-corrected chi connectivity index (χ1v) is 7.23. The summed E-state index contributed by atoms with van der Waals surface area (Å²) < 4.78 is 0. The van der Waals surface area contributed by atoms with Crippen molar-refractivity contribution in [3.05, 3.63) is 36.5 Å². The Hall–Kier alpha value is -1.22. The summed E-state index contributed by atoms with van der Waals surface area (Å²) in [5, 5.41) is 0. The van der Waals surface area contributed by atoms with Gasteiger partial charge >= 0.3 is 0 Å². The number of hydrogen-bond donors (Lipinski definition) is 0. The molecule has 1 aliphatic rings. The van der Waals surface area contributed by atoms with E-state index in [2.05, 4.69) is 45.3 Å². The van der Waals surface area contributed by atoms with Gasteiger partial charge in [-0.15, -0.1) is 0 Å². The third kappa shape index (κ3) is 3.91. The lowest BCUT2D eigenvalue weighted by Crippen LogP contribution is -1.98. The van der Waals surface area contributed by atoms with Crippen molar-refractivity contribution in [1.29, 1.82) is 0 Å². The molecule has 0 aromatic rings. The molecule has 18 heavy (non-hydrogen) atoms. The Labute approximate surface area is 113 Å². The van der Waals surface area contributed by atoms with Crippen LogP contribution < -0.4 is 0 Å². The van der Waals surface area contributed by atoms with Crippen molar-refractivity contribution >= 4 is 0 Å². The lowest BCUT2D eigenvalue weighted by molar-refractivity contribution is 0.536. The minimum absolute atomic E-state index is 0.340. The van der Waals surface area contributed by atoms with Crippen LogP contribution >= 0.6 is 0 Å². The molecule has 0 aromatic heterocycles. The van der Waals surface area contributed by atoms with Gasteiger partial charge in [-0.05, 0) is 31.6 Å². The lowest BCUT2D eigenvalue weighted by atomic mass is 9.98. The number of allylic oxidation sites excluding steroid dienone is 5. The van der Waals surface area contributed by atoms with Crippen molar-refractivity contribution in [1.82, 2.24) is 0 Å². The van der Waals surface area contributed by atoms with Crippen LogP contribution in [0, 0.1) is 23.2 Å². The van der Waals surface area contributed by atoms with Gasteiger partial charge in [0.05, 0.1) is 0 Å². The maximum atomic E-state index is 3.67. The summed E-state index contributed by atoms with van der Waals surface area (Å²) in [4.78, 5) is 0. The van der Waals surface area contributed by atoms with E-state index in [0.717, 1.165) is 12.3 Å². The second-order valence-corrected chi connectivity index (χ2v) is 5.12. The first-order valence-electron chi connectivity index (χ1n) is 7.23. The molecule has 0 spiro atoms. The smallest absolute Gasteiger partial charge is 0.0347 e. The third-order valence-corrected chi connectivity index (χ3v) is 3.90. The van der Waals surface area contributed by atoms with Gasteiger partial charge in [0.2, 0.25) is 0 Å². The Morgan fingerprint density at radius 1 is 1.33 bits per heavy atom. The van der Waals surface area contributed by atoms with Gasteiger partial charge in [-0.1, -0.05) is 69.9 Å². The van der Waals surface area contributed by atoms with Crippen LogP contribution in [0.15, 0.2) is 36.5 Å². The fourth-order valence-corrected chi connectivity index (χ4v) is 2.49. The van der Waals surface area contributed by atoms with Crippen LogP contribution in [-0.2, 0) is 0 Å². The molecule has 0 saturated heterocycles. The maximum absolute atomic E-state index is 3.67. The van der Waals surface area contributed by atoms with Crippen LogP contribution in [0.3, 0.4) is 0 Å². The zero-order valence-corrected chi connectivity index (χ0v) is 12.1. The molecule has 98 valence electrons. The van der Waals surface area contributed by atoms with Gasteiger partial charge in [-0.25, -0.2) is 0 Å². The average Bonchev–Trinajstić information content (AvgIpc) is 3.08. The largest absolute Gasteiger partial charge is 0.0991 e. The van der Waals surface area contributed by atoms with E-state index in [1.165, 1.54) is 31.3 Å². The zero-order chi connectivity index (χ0) is 13.4. The highest BCUT2D eigenvalue weighted by Crippen LogP contribution is 2.57. The van der Waals surface area contributed by atoms with E-state index in [4.69, 9.17) is 0 Å². The molecule has 0 aromatic carbocycles. The van der Waals surface area contributed by atoms with Crippen molar-refractivity contribution in [2.45, 2.75) is 52.9 Å². The van der Waals surface area contributed by atoms with E-state index in [9.17, 15) is 0 Å². The van der Waals surface area contributed by atoms with E-state index >= 15 is 0 Å². The van der Waals surface area contributed by atoms with E-state index in [1.54, 1.807) is 6.08 Å². The number of hydrogen-bond acceptors (Lipinski definition) is 0. The molecule has 0 aliphatic heterocycles. The topological polar surface area (TPSA) is 0 Å². The molecule has 0 heterocycles. The number of rotatable bonds is 6. The van der Waals surface area contributed by atoms with Gasteiger partial charge in [0.25, 0.3) is 0 Å². The van der Waals surface area contributed by atoms with Gasteiger partial charge in [0, 0.05) is 11.0 Å². The average molecular weight is 242 g/mol. The van der Waals surface area contributed by atoms with Gasteiger partial charge < -0.3 is 0 Å².